The lowest BCUT2D eigenvalue weighted by molar-refractivity contribution is -0.135. The molecule has 0 radical (unpaired) electrons. The first-order chi connectivity index (χ1) is 38.8. The Morgan fingerprint density at radius 3 is 1.76 bits per heavy atom. The largest absolute Gasteiger partial charge is 0.388 e. The van der Waals surface area contributed by atoms with Crippen molar-refractivity contribution in [3.8, 4) is 0 Å². The highest BCUT2D eigenvalue weighted by Gasteiger charge is 2.37. The number of methoxy groups -OCH3 is 2. The second-order valence-corrected chi connectivity index (χ2v) is 22.1. The van der Waals surface area contributed by atoms with E-state index < -0.39 is 6.03 Å². The van der Waals surface area contributed by atoms with E-state index in [1.807, 2.05) is 104 Å². The van der Waals surface area contributed by atoms with Crippen molar-refractivity contribution in [2.24, 2.45) is 35.3 Å². The molecule has 0 aromatic heterocycles. The van der Waals surface area contributed by atoms with Gasteiger partial charge in [-0.15, -0.1) is 0 Å². The van der Waals surface area contributed by atoms with Crippen molar-refractivity contribution < 1.29 is 47.8 Å². The summed E-state index contributed by atoms with van der Waals surface area (Å²) in [6.07, 6.45) is 14.9. The molecule has 1 aliphatic heterocycles. The quantitative estimate of drug-likeness (QED) is 0.0204. The molecule has 0 spiro atoms. The number of nitrogens with two attached hydrogens (primary N) is 1. The number of unbranched alkanes of at least 4 members (excludes halogenated alkanes) is 2. The maximum absolute atomic E-state index is 12.5. The van der Waals surface area contributed by atoms with Crippen LogP contribution in [-0.2, 0) is 43.0 Å². The zero-order chi connectivity index (χ0) is 64.2. The van der Waals surface area contributed by atoms with E-state index in [0.29, 0.717) is 31.2 Å². The SMILES string of the molecule is CC(C)C(C=O)N(C)C.CCC.CCC(C)C(C(CC)OC)N(C)C(=O)CNC.CCC(C)CCCCC=O.CCCNC(N)=O.CNC(C(=O)NCC=O)C(C)C.CNc1ccc(SNC(=O)C(C)C(OC)C2CCCN2C=O)cc1. The molecule has 1 aliphatic rings. The van der Waals surface area contributed by atoms with Gasteiger partial charge in [0, 0.05) is 58.4 Å². The summed E-state index contributed by atoms with van der Waals surface area (Å²) in [5.41, 5.74) is 5.75. The summed E-state index contributed by atoms with van der Waals surface area (Å²) in [7, 11) is 14.4. The number of anilines is 1. The number of benzene rings is 1. The number of rotatable bonds is 32. The second-order valence-electron chi connectivity index (χ2n) is 21.2. The minimum atomic E-state index is -0.443. The normalized spacial score (nSPS) is 15.1. The first kappa shape index (κ1) is 86.1. The molecule has 0 aliphatic carbocycles. The summed E-state index contributed by atoms with van der Waals surface area (Å²) < 4.78 is 14.0. The molecule has 1 saturated heterocycles. The van der Waals surface area contributed by atoms with Crippen LogP contribution in [0.5, 0.6) is 0 Å². The Morgan fingerprint density at radius 2 is 1.39 bits per heavy atom. The van der Waals surface area contributed by atoms with Crippen LogP contribution in [0.25, 0.3) is 0 Å². The molecule has 9 unspecified atom stereocenters. The number of hydrogen-bond acceptors (Lipinski definition) is 15. The maximum atomic E-state index is 12.5. The molecule has 8 N–H and O–H groups in total. The number of carbonyl (C=O) groups is 8. The molecule has 9 atom stereocenters. The molecule has 1 aromatic rings. The van der Waals surface area contributed by atoms with Gasteiger partial charge in [0.1, 0.15) is 18.9 Å². The number of urea groups is 1. The summed E-state index contributed by atoms with van der Waals surface area (Å²) in [5, 5.41) is 13.8. The zero-order valence-corrected chi connectivity index (χ0v) is 55.8. The van der Waals surface area contributed by atoms with Crippen LogP contribution in [0.2, 0.25) is 0 Å². The molecule has 1 heterocycles. The van der Waals surface area contributed by atoms with Crippen LogP contribution in [0.3, 0.4) is 0 Å². The van der Waals surface area contributed by atoms with Gasteiger partial charge in [0.15, 0.2) is 0 Å². The fraction of sp³-hybridized carbons (Fsp3) is 0.770. The van der Waals surface area contributed by atoms with E-state index in [1.54, 1.807) is 33.2 Å². The van der Waals surface area contributed by atoms with Crippen molar-refractivity contribution >= 4 is 66.7 Å². The van der Waals surface area contributed by atoms with Crippen molar-refractivity contribution in [3.05, 3.63) is 24.3 Å². The van der Waals surface area contributed by atoms with Gasteiger partial charge < -0.3 is 66.0 Å². The van der Waals surface area contributed by atoms with E-state index in [9.17, 15) is 38.4 Å². The zero-order valence-electron chi connectivity index (χ0n) is 55.0. The Balaban J connectivity index is -0.000000301. The number of amides is 6. The average molecular weight is 1190 g/mol. The van der Waals surface area contributed by atoms with E-state index in [4.69, 9.17) is 15.2 Å². The van der Waals surface area contributed by atoms with Crippen LogP contribution in [0.15, 0.2) is 29.2 Å². The molecule has 21 heteroatoms. The van der Waals surface area contributed by atoms with E-state index >= 15 is 0 Å². The van der Waals surface area contributed by atoms with Gasteiger partial charge in [-0.1, -0.05) is 122 Å². The third kappa shape index (κ3) is 42.2. The van der Waals surface area contributed by atoms with Gasteiger partial charge in [0.05, 0.1) is 55.4 Å². The number of carbonyl (C=O) groups excluding carboxylic acids is 8. The summed E-state index contributed by atoms with van der Waals surface area (Å²) in [6, 6.07) is 7.33. The predicted octanol–water partition coefficient (Wildman–Crippen LogP) is 8.22. The third-order valence-electron chi connectivity index (χ3n) is 13.5. The number of primary amides is 1. The third-order valence-corrected chi connectivity index (χ3v) is 14.3. The fourth-order valence-electron chi connectivity index (χ4n) is 8.33. The molecular weight excluding hydrogens is 1060 g/mol. The lowest BCUT2D eigenvalue weighted by atomic mass is 9.91. The minimum Gasteiger partial charge on any atom is -0.388 e. The molecule has 1 fully saturated rings. The first-order valence-electron chi connectivity index (χ1n) is 29.7. The topological polar surface area (TPSA) is 263 Å². The predicted molar refractivity (Wildman–Crippen MR) is 340 cm³/mol. The Bertz CT molecular complexity index is 1740. The second kappa shape index (κ2) is 56.8. The molecule has 6 amide bonds. The highest BCUT2D eigenvalue weighted by molar-refractivity contribution is 7.98. The lowest BCUT2D eigenvalue weighted by Crippen LogP contribution is -2.50. The number of aldehydes is 3. The average Bonchev–Trinajstić information content (AvgIpc) is 3.93. The molecule has 480 valence electrons. The van der Waals surface area contributed by atoms with E-state index in [0.717, 1.165) is 87.0 Å². The van der Waals surface area contributed by atoms with Crippen LogP contribution >= 0.6 is 11.9 Å². The van der Waals surface area contributed by atoms with Crippen LogP contribution < -0.4 is 37.0 Å². The first-order valence-corrected chi connectivity index (χ1v) is 30.6. The number of ether oxygens (including phenoxy) is 2. The van der Waals surface area contributed by atoms with Gasteiger partial charge in [-0.3, -0.25) is 28.8 Å². The fourth-order valence-corrected chi connectivity index (χ4v) is 9.01. The Morgan fingerprint density at radius 1 is 0.793 bits per heavy atom. The highest BCUT2D eigenvalue weighted by atomic mass is 32.2. The van der Waals surface area contributed by atoms with Crippen molar-refractivity contribution in [2.75, 3.05) is 88.0 Å². The van der Waals surface area contributed by atoms with Crippen LogP contribution in [0, 0.1) is 29.6 Å². The van der Waals surface area contributed by atoms with Gasteiger partial charge in [-0.2, -0.15) is 0 Å². The van der Waals surface area contributed by atoms with Crippen LogP contribution in [0.4, 0.5) is 10.5 Å². The van der Waals surface area contributed by atoms with Crippen LogP contribution in [-0.4, -0.2) is 183 Å². The Hall–Kier alpha value is -4.67. The van der Waals surface area contributed by atoms with E-state index in [1.165, 1.54) is 37.6 Å². The Kier molecular flexibility index (Phi) is 59.6. The number of hydrogen-bond donors (Lipinski definition) is 7. The van der Waals surface area contributed by atoms with Gasteiger partial charge in [-0.25, -0.2) is 4.79 Å². The van der Waals surface area contributed by atoms with Gasteiger partial charge in [-0.05, 0) is 120 Å². The van der Waals surface area contributed by atoms with Gasteiger partial charge in [0.25, 0.3) is 0 Å². The molecule has 2 rings (SSSR count). The standard InChI is InChI=1S/C17H25N3O3S.C13H28N2O2.C9H18O.C8H16N2O2.C7H15NO.C4H10N2O.C3H8/c1-12(16(23-3)15-5-4-10-20(15)11-21)17(22)19-24-14-8-6-13(18-2)7-9-14;1-7-10(3)13(11(8-2)17-6)15(5)12(16)9-14-4;1-3-9(2)7-5-4-6-8-10;1-6(2)7(9-3)8(12)10-4-5-11;1-6(2)7(5-9)8(3)4;1-2-3-6-4(5)7;1-3-2/h6-9,11-12,15-16,18H,4-5,10H2,1-3H3,(H,19,22);10-11,13-14H,7-9H2,1-6H3;8-9H,3-7H2,1-2H3;5-7,9H,4H2,1-3H3,(H,10,12);5-7H,1-4H3;2-3H2,1H3,(H3,5,6,7);3H2,1-2H3. The molecule has 20 nitrogen and oxygen atoms in total. The summed E-state index contributed by atoms with van der Waals surface area (Å²) in [6.45, 7) is 28.8. The van der Waals surface area contributed by atoms with Gasteiger partial charge in [0.2, 0.25) is 24.1 Å². The molecular formula is C61H120N10O10S. The smallest absolute Gasteiger partial charge is 0.312 e. The van der Waals surface area contributed by atoms with E-state index in [2.05, 4.69) is 79.8 Å². The Labute approximate surface area is 502 Å². The maximum Gasteiger partial charge on any atom is 0.312 e. The lowest BCUT2D eigenvalue weighted by Gasteiger charge is -2.37. The monoisotopic (exact) mass is 1180 g/mol. The van der Waals surface area contributed by atoms with Crippen LogP contribution in [0.1, 0.15) is 161 Å². The minimum absolute atomic E-state index is 0.0341. The summed E-state index contributed by atoms with van der Waals surface area (Å²) >= 11 is 1.29. The van der Waals surface area contributed by atoms with Crippen molar-refractivity contribution in [2.45, 2.75) is 202 Å². The number of nitrogens with zero attached hydrogens (tertiary/aromatic N) is 3. The van der Waals surface area contributed by atoms with Gasteiger partial charge >= 0.3 is 6.03 Å². The molecule has 0 saturated carbocycles. The van der Waals surface area contributed by atoms with E-state index in [-0.39, 0.29) is 72.5 Å². The van der Waals surface area contributed by atoms with Crippen molar-refractivity contribution in [1.29, 1.82) is 0 Å². The summed E-state index contributed by atoms with van der Waals surface area (Å²) in [4.78, 5) is 93.4. The van der Waals surface area contributed by atoms with Crippen molar-refractivity contribution in [1.82, 2.24) is 40.7 Å². The molecule has 82 heavy (non-hydrogen) atoms. The summed E-state index contributed by atoms with van der Waals surface area (Å²) in [5.74, 6) is 1.47. The number of nitrogens with one attached hydrogen (secondary N) is 6. The molecule has 1 aromatic carbocycles. The number of likely N-dealkylation sites (N-methyl/N-ethyl adjacent to an activating group) is 4. The van der Waals surface area contributed by atoms with Crippen molar-refractivity contribution in [3.63, 3.8) is 0 Å². The highest BCUT2D eigenvalue weighted by Crippen LogP contribution is 2.26. The number of likely N-dealkylation sites (tertiary alicyclic amines) is 1. The molecule has 0 bridgehead atoms.